The van der Waals surface area contributed by atoms with E-state index in [-0.39, 0.29) is 5.97 Å². The Morgan fingerprint density at radius 3 is 3.00 bits per heavy atom. The van der Waals surface area contributed by atoms with Crippen molar-refractivity contribution in [2.24, 2.45) is 0 Å². The molecule has 2 aromatic heterocycles. The molecule has 0 spiro atoms. The van der Waals surface area contributed by atoms with Crippen molar-refractivity contribution in [3.63, 3.8) is 0 Å². The van der Waals surface area contributed by atoms with Crippen LogP contribution in [0.1, 0.15) is 27.9 Å². The Morgan fingerprint density at radius 2 is 2.24 bits per heavy atom. The highest BCUT2D eigenvalue weighted by atomic mass is 32.1. The Kier molecular flexibility index (Phi) is 5.23. The second-order valence-corrected chi connectivity index (χ2v) is 6.56. The molecule has 0 radical (unpaired) electrons. The van der Waals surface area contributed by atoms with Gasteiger partial charge in [0.25, 0.3) is 0 Å². The van der Waals surface area contributed by atoms with Crippen molar-refractivity contribution >= 4 is 33.3 Å². The zero-order valence-electron chi connectivity index (χ0n) is 14.5. The SMILES string of the molecule is CCOC(=O)c1sc(NCCc2c[nH]c3ccc(OC)cc23)nc1C. The number of carbonyl (C=O) groups is 1. The molecule has 0 aliphatic heterocycles. The van der Waals surface area contributed by atoms with Crippen LogP contribution >= 0.6 is 11.3 Å². The summed E-state index contributed by atoms with van der Waals surface area (Å²) < 4.78 is 10.3. The Morgan fingerprint density at radius 1 is 1.40 bits per heavy atom. The van der Waals surface area contributed by atoms with Gasteiger partial charge in [0.2, 0.25) is 0 Å². The zero-order valence-corrected chi connectivity index (χ0v) is 15.3. The number of fused-ring (bicyclic) bond motifs is 1. The van der Waals surface area contributed by atoms with E-state index in [1.54, 1.807) is 14.0 Å². The number of anilines is 1. The molecular formula is C18H21N3O3S. The van der Waals surface area contributed by atoms with E-state index in [0.717, 1.165) is 34.7 Å². The molecule has 0 fully saturated rings. The summed E-state index contributed by atoms with van der Waals surface area (Å²) in [5.41, 5.74) is 2.99. The van der Waals surface area contributed by atoms with Gasteiger partial charge in [-0.1, -0.05) is 11.3 Å². The van der Waals surface area contributed by atoms with E-state index in [0.29, 0.717) is 17.2 Å². The molecule has 0 aliphatic carbocycles. The number of aromatic nitrogens is 2. The average Bonchev–Trinajstić information content (AvgIpc) is 3.18. The van der Waals surface area contributed by atoms with Crippen LogP contribution in [0.3, 0.4) is 0 Å². The van der Waals surface area contributed by atoms with Crippen LogP contribution in [0.15, 0.2) is 24.4 Å². The Hall–Kier alpha value is -2.54. The van der Waals surface area contributed by atoms with Crippen LogP contribution in [0, 0.1) is 6.92 Å². The molecule has 0 amide bonds. The maximum Gasteiger partial charge on any atom is 0.350 e. The summed E-state index contributed by atoms with van der Waals surface area (Å²) in [5, 5.41) is 5.18. The summed E-state index contributed by atoms with van der Waals surface area (Å²) in [5.74, 6) is 0.533. The summed E-state index contributed by atoms with van der Waals surface area (Å²) in [6, 6.07) is 5.99. The van der Waals surface area contributed by atoms with E-state index in [1.165, 1.54) is 16.9 Å². The van der Waals surface area contributed by atoms with Gasteiger partial charge in [-0.15, -0.1) is 0 Å². The number of aromatic amines is 1. The third kappa shape index (κ3) is 3.76. The molecule has 6 nitrogen and oxygen atoms in total. The highest BCUT2D eigenvalue weighted by Crippen LogP contribution is 2.25. The van der Waals surface area contributed by atoms with Gasteiger partial charge in [-0.05, 0) is 44.0 Å². The third-order valence-electron chi connectivity index (χ3n) is 3.90. The van der Waals surface area contributed by atoms with E-state index in [2.05, 4.69) is 15.3 Å². The zero-order chi connectivity index (χ0) is 17.8. The minimum Gasteiger partial charge on any atom is -0.497 e. The number of nitrogens with zero attached hydrogens (tertiary/aromatic N) is 1. The number of benzene rings is 1. The number of hydrogen-bond acceptors (Lipinski definition) is 6. The number of rotatable bonds is 7. The van der Waals surface area contributed by atoms with Crippen molar-refractivity contribution < 1.29 is 14.3 Å². The van der Waals surface area contributed by atoms with Crippen LogP contribution in [0.5, 0.6) is 5.75 Å². The molecule has 3 rings (SSSR count). The maximum atomic E-state index is 11.9. The van der Waals surface area contributed by atoms with Gasteiger partial charge in [-0.3, -0.25) is 0 Å². The Labute approximate surface area is 150 Å². The largest absolute Gasteiger partial charge is 0.497 e. The van der Waals surface area contributed by atoms with Crippen molar-refractivity contribution in [1.82, 2.24) is 9.97 Å². The second-order valence-electron chi connectivity index (χ2n) is 5.56. The van der Waals surface area contributed by atoms with Crippen molar-refractivity contribution in [2.45, 2.75) is 20.3 Å². The summed E-state index contributed by atoms with van der Waals surface area (Å²) in [7, 11) is 1.67. The lowest BCUT2D eigenvalue weighted by atomic mass is 10.1. The number of methoxy groups -OCH3 is 1. The average molecular weight is 359 g/mol. The van der Waals surface area contributed by atoms with Gasteiger partial charge in [0, 0.05) is 23.6 Å². The quantitative estimate of drug-likeness (QED) is 0.628. The standard InChI is InChI=1S/C18H21N3O3S/c1-4-24-17(22)16-11(2)21-18(25-16)19-8-7-12-10-20-15-6-5-13(23-3)9-14(12)15/h5-6,9-10,20H,4,7-8H2,1-3H3,(H,19,21). The second kappa shape index (κ2) is 7.57. The van der Waals surface area contributed by atoms with Crippen LogP contribution in [-0.4, -0.2) is 36.2 Å². The maximum absolute atomic E-state index is 11.9. The van der Waals surface area contributed by atoms with Crippen LogP contribution in [0.4, 0.5) is 5.13 Å². The first kappa shape index (κ1) is 17.3. The van der Waals surface area contributed by atoms with Crippen molar-refractivity contribution in [2.75, 3.05) is 25.6 Å². The minimum atomic E-state index is -0.311. The molecule has 0 saturated carbocycles. The van der Waals surface area contributed by atoms with E-state index in [1.807, 2.05) is 31.3 Å². The van der Waals surface area contributed by atoms with Crippen molar-refractivity contribution in [3.8, 4) is 5.75 Å². The van der Waals surface area contributed by atoms with Gasteiger partial charge in [0.15, 0.2) is 5.13 Å². The lowest BCUT2D eigenvalue weighted by molar-refractivity contribution is 0.0531. The van der Waals surface area contributed by atoms with Gasteiger partial charge in [-0.2, -0.15) is 0 Å². The number of ether oxygens (including phenoxy) is 2. The number of thiazole rings is 1. The number of H-pyrrole nitrogens is 1. The topological polar surface area (TPSA) is 76.2 Å². The highest BCUT2D eigenvalue weighted by molar-refractivity contribution is 7.17. The number of aryl methyl sites for hydroxylation is 1. The van der Waals surface area contributed by atoms with Gasteiger partial charge >= 0.3 is 5.97 Å². The van der Waals surface area contributed by atoms with Crippen LogP contribution < -0.4 is 10.1 Å². The molecule has 7 heteroatoms. The predicted molar refractivity (Wildman–Crippen MR) is 99.9 cm³/mol. The lowest BCUT2D eigenvalue weighted by Crippen LogP contribution is -2.04. The fourth-order valence-corrected chi connectivity index (χ4v) is 3.54. The molecule has 0 saturated heterocycles. The molecule has 0 bridgehead atoms. The first-order valence-electron chi connectivity index (χ1n) is 8.14. The van der Waals surface area contributed by atoms with Crippen molar-refractivity contribution in [3.05, 3.63) is 40.5 Å². The monoisotopic (exact) mass is 359 g/mol. The molecule has 1 aromatic carbocycles. The van der Waals surface area contributed by atoms with Crippen molar-refractivity contribution in [1.29, 1.82) is 0 Å². The normalized spacial score (nSPS) is 10.8. The predicted octanol–water partition coefficient (Wildman–Crippen LogP) is 3.77. The summed E-state index contributed by atoms with van der Waals surface area (Å²) >= 11 is 1.33. The fraction of sp³-hybridized carbons (Fsp3) is 0.333. The first-order chi connectivity index (χ1) is 12.1. The highest BCUT2D eigenvalue weighted by Gasteiger charge is 2.16. The van der Waals surface area contributed by atoms with Crippen LogP contribution in [0.25, 0.3) is 10.9 Å². The molecule has 0 atom stereocenters. The molecule has 0 unspecified atom stereocenters. The van der Waals surface area contributed by atoms with Crippen LogP contribution in [-0.2, 0) is 11.2 Å². The molecule has 0 aliphatic rings. The van der Waals surface area contributed by atoms with E-state index in [9.17, 15) is 4.79 Å². The Bertz CT molecular complexity index is 885. The summed E-state index contributed by atoms with van der Waals surface area (Å²) in [4.78, 5) is 20.1. The molecule has 2 heterocycles. The first-order valence-corrected chi connectivity index (χ1v) is 8.96. The van der Waals surface area contributed by atoms with Gasteiger partial charge in [0.05, 0.1) is 19.4 Å². The molecule has 2 N–H and O–H groups in total. The smallest absolute Gasteiger partial charge is 0.350 e. The fourth-order valence-electron chi connectivity index (χ4n) is 2.65. The lowest BCUT2D eigenvalue weighted by Gasteiger charge is -2.03. The van der Waals surface area contributed by atoms with Gasteiger partial charge < -0.3 is 19.8 Å². The molecule has 3 aromatic rings. The number of esters is 1. The van der Waals surface area contributed by atoms with Gasteiger partial charge in [0.1, 0.15) is 10.6 Å². The minimum absolute atomic E-state index is 0.311. The van der Waals surface area contributed by atoms with E-state index < -0.39 is 0 Å². The summed E-state index contributed by atoms with van der Waals surface area (Å²) in [6.45, 7) is 4.70. The Balaban J connectivity index is 1.65. The number of nitrogens with one attached hydrogen (secondary N) is 2. The number of carbonyl (C=O) groups excluding carboxylic acids is 1. The number of hydrogen-bond donors (Lipinski definition) is 2. The van der Waals surface area contributed by atoms with E-state index in [4.69, 9.17) is 9.47 Å². The van der Waals surface area contributed by atoms with Crippen LogP contribution in [0.2, 0.25) is 0 Å². The van der Waals surface area contributed by atoms with Gasteiger partial charge in [-0.25, -0.2) is 9.78 Å². The molecule has 25 heavy (non-hydrogen) atoms. The molecular weight excluding hydrogens is 338 g/mol. The van der Waals surface area contributed by atoms with E-state index >= 15 is 0 Å². The summed E-state index contributed by atoms with van der Waals surface area (Å²) in [6.07, 6.45) is 2.85. The molecule has 132 valence electrons. The third-order valence-corrected chi connectivity index (χ3v) is 5.00.